The van der Waals surface area contributed by atoms with Gasteiger partial charge in [-0.05, 0) is 30.7 Å². The van der Waals surface area contributed by atoms with Crippen LogP contribution in [0.4, 0.5) is 0 Å². The minimum absolute atomic E-state index is 0.121. The third-order valence-electron chi connectivity index (χ3n) is 5.61. The molecule has 1 aromatic carbocycles. The molecule has 0 spiro atoms. The van der Waals surface area contributed by atoms with Crippen molar-refractivity contribution < 1.29 is 17.9 Å². The van der Waals surface area contributed by atoms with Gasteiger partial charge in [-0.25, -0.2) is 8.42 Å². The number of sulfonamides is 1. The third kappa shape index (κ3) is 5.98. The zero-order valence-corrected chi connectivity index (χ0v) is 20.3. The zero-order chi connectivity index (χ0) is 23.8. The first-order valence-electron chi connectivity index (χ1n) is 11.1. The van der Waals surface area contributed by atoms with E-state index in [9.17, 15) is 13.2 Å². The van der Waals surface area contributed by atoms with Crippen LogP contribution in [-0.2, 0) is 33.1 Å². The molecule has 2 heterocycles. The maximum Gasteiger partial charge on any atom is 0.245 e. The summed E-state index contributed by atoms with van der Waals surface area (Å²) in [5.41, 5.74) is 1.37. The van der Waals surface area contributed by atoms with Gasteiger partial charge >= 0.3 is 0 Å². The zero-order valence-electron chi connectivity index (χ0n) is 19.5. The lowest BCUT2D eigenvalue weighted by Gasteiger charge is -2.27. The van der Waals surface area contributed by atoms with E-state index in [1.165, 1.54) is 4.31 Å². The van der Waals surface area contributed by atoms with Crippen molar-refractivity contribution in [2.45, 2.75) is 31.2 Å². The van der Waals surface area contributed by atoms with E-state index in [0.717, 1.165) is 17.5 Å². The normalized spacial score (nSPS) is 11.9. The van der Waals surface area contributed by atoms with Gasteiger partial charge in [0.15, 0.2) is 0 Å². The molecule has 0 aliphatic carbocycles. The van der Waals surface area contributed by atoms with Crippen LogP contribution in [0, 0.1) is 0 Å². The van der Waals surface area contributed by atoms with Crippen molar-refractivity contribution in [3.63, 3.8) is 0 Å². The Kier molecular flexibility index (Phi) is 8.60. The second kappa shape index (κ2) is 11.4. The van der Waals surface area contributed by atoms with Crippen LogP contribution >= 0.6 is 0 Å². The number of amides is 1. The molecule has 8 nitrogen and oxygen atoms in total. The number of carbonyl (C=O) groups is 1. The molecular weight excluding hydrogens is 440 g/mol. The second-order valence-electron chi connectivity index (χ2n) is 7.94. The van der Waals surface area contributed by atoms with Gasteiger partial charge in [0.1, 0.15) is 4.90 Å². The number of para-hydroxylation sites is 1. The highest BCUT2D eigenvalue weighted by Gasteiger charge is 2.30. The number of rotatable bonds is 12. The first-order chi connectivity index (χ1) is 15.9. The predicted octanol–water partition coefficient (Wildman–Crippen LogP) is 3.04. The third-order valence-corrected chi connectivity index (χ3v) is 7.49. The number of hydrogen-bond donors (Lipinski definition) is 0. The second-order valence-corrected chi connectivity index (χ2v) is 9.85. The summed E-state index contributed by atoms with van der Waals surface area (Å²) in [6, 6.07) is 12.6. The molecule has 3 rings (SSSR count). The molecule has 0 bridgehead atoms. The first-order valence-corrected chi connectivity index (χ1v) is 12.5. The molecule has 0 fully saturated rings. The van der Waals surface area contributed by atoms with Crippen LogP contribution in [-0.4, -0.2) is 66.4 Å². The van der Waals surface area contributed by atoms with Crippen molar-refractivity contribution in [2.24, 2.45) is 7.05 Å². The van der Waals surface area contributed by atoms with Gasteiger partial charge in [-0.3, -0.25) is 9.78 Å². The maximum absolute atomic E-state index is 13.7. The Balaban J connectivity index is 1.90. The molecule has 0 aliphatic heterocycles. The Labute approximate surface area is 195 Å². The molecule has 2 aromatic heterocycles. The van der Waals surface area contributed by atoms with Gasteiger partial charge in [0.25, 0.3) is 0 Å². The summed E-state index contributed by atoms with van der Waals surface area (Å²) in [6.07, 6.45) is 4.96. The van der Waals surface area contributed by atoms with Gasteiger partial charge in [-0.1, -0.05) is 31.5 Å². The molecule has 0 aliphatic rings. The topological polar surface area (TPSA) is 84.7 Å². The smallest absolute Gasteiger partial charge is 0.245 e. The van der Waals surface area contributed by atoms with Crippen LogP contribution in [0.15, 0.2) is 59.8 Å². The predicted molar refractivity (Wildman–Crippen MR) is 128 cm³/mol. The number of methoxy groups -OCH3 is 1. The molecule has 0 saturated heterocycles. The SMILES string of the molecule is CCCCN(CC(=O)N(CCOC)Cc1cccn1C)S(=O)(=O)c1cccc2cccnc12. The summed E-state index contributed by atoms with van der Waals surface area (Å²) in [7, 11) is -0.436. The number of ether oxygens (including phenoxy) is 1. The monoisotopic (exact) mass is 472 g/mol. The number of hydrogen-bond acceptors (Lipinski definition) is 5. The number of unbranched alkanes of at least 4 members (excludes halogenated alkanes) is 1. The quantitative estimate of drug-likeness (QED) is 0.405. The fourth-order valence-electron chi connectivity index (χ4n) is 3.64. The molecule has 1 amide bonds. The van der Waals surface area contributed by atoms with E-state index >= 15 is 0 Å². The number of nitrogens with zero attached hydrogens (tertiary/aromatic N) is 4. The summed E-state index contributed by atoms with van der Waals surface area (Å²) in [5, 5.41) is 0.741. The van der Waals surface area contributed by atoms with Crippen LogP contribution in [0.3, 0.4) is 0 Å². The highest BCUT2D eigenvalue weighted by atomic mass is 32.2. The van der Waals surface area contributed by atoms with Crippen molar-refractivity contribution in [3.05, 3.63) is 60.6 Å². The van der Waals surface area contributed by atoms with Crippen LogP contribution < -0.4 is 0 Å². The van der Waals surface area contributed by atoms with Gasteiger partial charge in [0.05, 0.1) is 25.2 Å². The van der Waals surface area contributed by atoms with E-state index in [1.54, 1.807) is 36.4 Å². The molecule has 0 radical (unpaired) electrons. The van der Waals surface area contributed by atoms with Crippen molar-refractivity contribution in [2.75, 3.05) is 33.4 Å². The minimum Gasteiger partial charge on any atom is -0.383 e. The van der Waals surface area contributed by atoms with Crippen molar-refractivity contribution in [3.8, 4) is 0 Å². The number of aromatic nitrogens is 2. The number of carbonyl (C=O) groups excluding carboxylic acids is 1. The van der Waals surface area contributed by atoms with Gasteiger partial charge in [-0.2, -0.15) is 4.31 Å². The molecular formula is C24H32N4O4S. The number of fused-ring (bicyclic) bond motifs is 1. The van der Waals surface area contributed by atoms with E-state index in [-0.39, 0.29) is 23.9 Å². The number of benzene rings is 1. The van der Waals surface area contributed by atoms with Crippen molar-refractivity contribution >= 4 is 26.8 Å². The average molecular weight is 473 g/mol. The van der Waals surface area contributed by atoms with E-state index < -0.39 is 10.0 Å². The molecule has 178 valence electrons. The highest BCUT2D eigenvalue weighted by molar-refractivity contribution is 7.89. The molecule has 9 heteroatoms. The van der Waals surface area contributed by atoms with Gasteiger partial charge in [-0.15, -0.1) is 0 Å². The number of aryl methyl sites for hydroxylation is 1. The summed E-state index contributed by atoms with van der Waals surface area (Å²) in [5.74, 6) is -0.263. The fourth-order valence-corrected chi connectivity index (χ4v) is 5.24. The minimum atomic E-state index is -3.93. The van der Waals surface area contributed by atoms with Crippen LogP contribution in [0.5, 0.6) is 0 Å². The van der Waals surface area contributed by atoms with Crippen LogP contribution in [0.2, 0.25) is 0 Å². The highest BCUT2D eigenvalue weighted by Crippen LogP contribution is 2.24. The largest absolute Gasteiger partial charge is 0.383 e. The average Bonchev–Trinajstić information content (AvgIpc) is 3.22. The maximum atomic E-state index is 13.7. The van der Waals surface area contributed by atoms with Crippen LogP contribution in [0.1, 0.15) is 25.5 Å². The fraction of sp³-hybridized carbons (Fsp3) is 0.417. The van der Waals surface area contributed by atoms with Crippen molar-refractivity contribution in [1.82, 2.24) is 18.8 Å². The van der Waals surface area contributed by atoms with Crippen molar-refractivity contribution in [1.29, 1.82) is 0 Å². The van der Waals surface area contributed by atoms with Gasteiger partial charge in [0, 0.05) is 50.7 Å². The Hall–Kier alpha value is -2.75. The Morgan fingerprint density at radius 2 is 1.91 bits per heavy atom. The molecule has 0 atom stereocenters. The lowest BCUT2D eigenvalue weighted by molar-refractivity contribution is -0.132. The standard InChI is InChI=1S/C24H32N4O4S/c1-4-5-15-28(33(30,31)22-12-6-9-20-10-7-13-25-24(20)22)19-23(29)27(16-17-32-3)18-21-11-8-14-26(21)2/h6-14H,4-5,15-19H2,1-3H3. The summed E-state index contributed by atoms with van der Waals surface area (Å²) in [4.78, 5) is 19.4. The first kappa shape index (κ1) is 24.9. The molecule has 0 unspecified atom stereocenters. The Morgan fingerprint density at radius 1 is 1.12 bits per heavy atom. The van der Waals surface area contributed by atoms with Gasteiger partial charge in [0.2, 0.25) is 15.9 Å². The number of pyridine rings is 1. The van der Waals surface area contributed by atoms with Gasteiger partial charge < -0.3 is 14.2 Å². The lowest BCUT2D eigenvalue weighted by Crippen LogP contribution is -2.44. The van der Waals surface area contributed by atoms with E-state index in [2.05, 4.69) is 4.98 Å². The summed E-state index contributed by atoms with van der Waals surface area (Å²) in [6.45, 7) is 3.13. The van der Waals surface area contributed by atoms with E-state index in [4.69, 9.17) is 4.74 Å². The molecule has 3 aromatic rings. The molecule has 0 N–H and O–H groups in total. The van der Waals surface area contributed by atoms with E-state index in [1.807, 2.05) is 49.0 Å². The van der Waals surface area contributed by atoms with Crippen LogP contribution in [0.25, 0.3) is 10.9 Å². The Morgan fingerprint density at radius 3 is 2.61 bits per heavy atom. The Bertz CT molecular complexity index is 1170. The summed E-state index contributed by atoms with van der Waals surface area (Å²) >= 11 is 0. The van der Waals surface area contributed by atoms with E-state index in [0.29, 0.717) is 31.6 Å². The molecule has 0 saturated carbocycles. The molecule has 33 heavy (non-hydrogen) atoms. The summed E-state index contributed by atoms with van der Waals surface area (Å²) < 4.78 is 35.8. The lowest BCUT2D eigenvalue weighted by atomic mass is 10.2.